The van der Waals surface area contributed by atoms with Gasteiger partial charge in [0.05, 0.1) is 28.0 Å². The highest BCUT2D eigenvalue weighted by Crippen LogP contribution is 2.53. The van der Waals surface area contributed by atoms with Gasteiger partial charge in [-0.15, -0.1) is 0 Å². The van der Waals surface area contributed by atoms with Crippen LogP contribution >= 0.6 is 11.6 Å². The first kappa shape index (κ1) is 26.1. The van der Waals surface area contributed by atoms with Crippen LogP contribution in [-0.2, 0) is 13.2 Å². The lowest BCUT2D eigenvalue weighted by Gasteiger charge is -2.12. The van der Waals surface area contributed by atoms with Gasteiger partial charge in [0.15, 0.2) is 11.5 Å². The number of nitrogens with one attached hydrogen (secondary N) is 2. The summed E-state index contributed by atoms with van der Waals surface area (Å²) in [6, 6.07) is 2.72. The van der Waals surface area contributed by atoms with E-state index in [9.17, 15) is 31.5 Å². The molecule has 9 nitrogen and oxygen atoms in total. The van der Waals surface area contributed by atoms with Crippen molar-refractivity contribution < 1.29 is 31.5 Å². The van der Waals surface area contributed by atoms with E-state index in [0.717, 1.165) is 29.8 Å². The van der Waals surface area contributed by atoms with Gasteiger partial charge < -0.3 is 20.9 Å². The Labute approximate surface area is 217 Å². The van der Waals surface area contributed by atoms with Crippen LogP contribution in [0.1, 0.15) is 52.0 Å². The van der Waals surface area contributed by atoms with Crippen molar-refractivity contribution in [3.63, 3.8) is 0 Å². The zero-order valence-corrected chi connectivity index (χ0v) is 20.5. The number of hydrogen-bond donors (Lipinski definition) is 3. The van der Waals surface area contributed by atoms with Crippen molar-refractivity contribution >= 4 is 29.1 Å². The Morgan fingerprint density at radius 1 is 1.24 bits per heavy atom. The molecule has 2 heterocycles. The van der Waals surface area contributed by atoms with Crippen LogP contribution in [0.4, 0.5) is 27.6 Å². The number of hydrogen-bond acceptors (Lipinski definition) is 5. The fraction of sp³-hybridized carbons (Fsp3) is 0.391. The molecule has 2 saturated carbocycles. The largest absolute Gasteiger partial charge is 0.435 e. The third-order valence-electron chi connectivity index (χ3n) is 6.54. The maximum absolute atomic E-state index is 13.6. The number of benzene rings is 1. The molecule has 4 N–H and O–H groups in total. The first-order chi connectivity index (χ1) is 17.7. The second-order valence-corrected chi connectivity index (χ2v) is 9.98. The number of amides is 2. The summed E-state index contributed by atoms with van der Waals surface area (Å²) in [6.07, 6.45) is -1.99. The van der Waals surface area contributed by atoms with Gasteiger partial charge in [-0.05, 0) is 31.0 Å². The van der Waals surface area contributed by atoms with Crippen molar-refractivity contribution in [2.45, 2.75) is 42.9 Å². The normalized spacial score (nSPS) is 19.2. The number of imidazole rings is 1. The van der Waals surface area contributed by atoms with Crippen LogP contribution in [0.2, 0.25) is 5.02 Å². The number of anilines is 1. The highest BCUT2D eigenvalue weighted by atomic mass is 35.5. The minimum absolute atomic E-state index is 0.0572. The molecule has 2 aliphatic rings. The molecule has 2 amide bonds. The quantitative estimate of drug-likeness (QED) is 0.379. The molecule has 1 unspecified atom stereocenters. The van der Waals surface area contributed by atoms with Crippen LogP contribution in [0.25, 0.3) is 11.3 Å². The molecule has 2 aromatic heterocycles. The van der Waals surface area contributed by atoms with E-state index in [4.69, 9.17) is 17.3 Å². The molecule has 0 saturated heterocycles. The molecule has 2 fully saturated rings. The van der Waals surface area contributed by atoms with E-state index >= 15 is 0 Å². The SMILES string of the molecule is Cn1c(-c2cn(C3CC3(F)F)nc2C(F)(F)F)cnc1C(=O)Nc1ccc(C(=O)NCC2(N)CC2)c(Cl)c1. The Kier molecular flexibility index (Phi) is 6.02. The van der Waals surface area contributed by atoms with Crippen molar-refractivity contribution in [2.75, 3.05) is 11.9 Å². The van der Waals surface area contributed by atoms with Crippen molar-refractivity contribution in [2.24, 2.45) is 12.8 Å². The third kappa shape index (κ3) is 4.97. The van der Waals surface area contributed by atoms with E-state index in [1.54, 1.807) is 0 Å². The van der Waals surface area contributed by atoms with Gasteiger partial charge >= 0.3 is 6.18 Å². The summed E-state index contributed by atoms with van der Waals surface area (Å²) in [5.74, 6) is -4.60. The van der Waals surface area contributed by atoms with Crippen molar-refractivity contribution in [1.82, 2.24) is 24.6 Å². The number of rotatable bonds is 7. The van der Waals surface area contributed by atoms with Crippen molar-refractivity contribution in [3.05, 3.63) is 52.7 Å². The monoisotopic (exact) mass is 557 g/mol. The second kappa shape index (κ2) is 8.76. The molecule has 202 valence electrons. The molecule has 0 radical (unpaired) electrons. The molecule has 5 rings (SSSR count). The molecule has 38 heavy (non-hydrogen) atoms. The van der Waals surface area contributed by atoms with Crippen LogP contribution in [0.15, 0.2) is 30.6 Å². The van der Waals surface area contributed by atoms with E-state index in [-0.39, 0.29) is 33.3 Å². The topological polar surface area (TPSA) is 120 Å². The molecular weight excluding hydrogens is 537 g/mol. The smallest absolute Gasteiger partial charge is 0.350 e. The Hall–Kier alpha value is -3.52. The molecule has 3 aromatic rings. The van der Waals surface area contributed by atoms with Crippen LogP contribution in [-0.4, -0.2) is 49.2 Å². The van der Waals surface area contributed by atoms with E-state index in [1.807, 2.05) is 0 Å². The average Bonchev–Trinajstić information content (AvgIpc) is 3.56. The minimum Gasteiger partial charge on any atom is -0.350 e. The Bertz CT molecular complexity index is 1440. The predicted octanol–water partition coefficient (Wildman–Crippen LogP) is 4.01. The van der Waals surface area contributed by atoms with E-state index in [0.29, 0.717) is 11.2 Å². The Morgan fingerprint density at radius 3 is 2.50 bits per heavy atom. The molecule has 0 spiro atoms. The lowest BCUT2D eigenvalue weighted by Crippen LogP contribution is -2.39. The molecule has 0 bridgehead atoms. The molecule has 0 aliphatic heterocycles. The highest BCUT2D eigenvalue weighted by molar-refractivity contribution is 6.34. The molecule has 1 atom stereocenters. The number of alkyl halides is 5. The molecule has 15 heteroatoms. The second-order valence-electron chi connectivity index (χ2n) is 9.57. The summed E-state index contributed by atoms with van der Waals surface area (Å²) < 4.78 is 69.5. The summed E-state index contributed by atoms with van der Waals surface area (Å²) in [7, 11) is 1.31. The number of nitrogens with two attached hydrogens (primary N) is 1. The maximum atomic E-state index is 13.6. The first-order valence-electron chi connectivity index (χ1n) is 11.4. The molecular formula is C23H21ClF5N7O2. The average molecular weight is 558 g/mol. The number of carbonyl (C=O) groups is 2. The third-order valence-corrected chi connectivity index (χ3v) is 6.86. The summed E-state index contributed by atoms with van der Waals surface area (Å²) in [4.78, 5) is 29.1. The zero-order chi connectivity index (χ0) is 27.6. The number of aromatic nitrogens is 4. The van der Waals surface area contributed by atoms with Gasteiger partial charge in [0.2, 0.25) is 0 Å². The number of nitrogens with zero attached hydrogens (tertiary/aromatic N) is 4. The summed E-state index contributed by atoms with van der Waals surface area (Å²) >= 11 is 6.21. The van der Waals surface area contributed by atoms with Crippen LogP contribution in [0, 0.1) is 0 Å². The number of halogens is 6. The summed E-state index contributed by atoms with van der Waals surface area (Å²) in [6.45, 7) is 0.306. The lowest BCUT2D eigenvalue weighted by molar-refractivity contribution is -0.141. The van der Waals surface area contributed by atoms with Crippen molar-refractivity contribution in [1.29, 1.82) is 0 Å². The van der Waals surface area contributed by atoms with Gasteiger partial charge in [-0.1, -0.05) is 11.6 Å². The minimum atomic E-state index is -4.92. The summed E-state index contributed by atoms with van der Waals surface area (Å²) in [5.41, 5.74) is 3.96. The Morgan fingerprint density at radius 2 is 1.92 bits per heavy atom. The molecule has 2 aliphatic carbocycles. The molecule has 1 aromatic carbocycles. The number of carbonyl (C=O) groups excluding carboxylic acids is 2. The van der Waals surface area contributed by atoms with Gasteiger partial charge in [-0.25, -0.2) is 13.8 Å². The summed E-state index contributed by atoms with van der Waals surface area (Å²) in [5, 5.41) is 8.65. The standard InChI is InChI=1S/C23H21ClF5N7O2/c1-35-15(13-9-36(16-7-22(16,25)26)34-17(13)23(27,28)29)8-31-18(35)20(38)33-11-2-3-12(14(24)6-11)19(37)32-10-21(30)4-5-21/h2-3,6,8-9,16H,4-5,7,10,30H2,1H3,(H,32,37)(H,33,38). The highest BCUT2D eigenvalue weighted by Gasteiger charge is 2.59. The Balaban J connectivity index is 1.34. The van der Waals surface area contributed by atoms with Gasteiger partial charge in [-0.3, -0.25) is 14.3 Å². The lowest BCUT2D eigenvalue weighted by atomic mass is 10.1. The van der Waals surface area contributed by atoms with Crippen LogP contribution in [0.3, 0.4) is 0 Å². The van der Waals surface area contributed by atoms with Gasteiger partial charge in [-0.2, -0.15) is 18.3 Å². The maximum Gasteiger partial charge on any atom is 0.435 e. The van der Waals surface area contributed by atoms with Crippen LogP contribution in [0.5, 0.6) is 0 Å². The van der Waals surface area contributed by atoms with Gasteiger partial charge in [0.1, 0.15) is 6.04 Å². The van der Waals surface area contributed by atoms with Crippen LogP contribution < -0.4 is 16.4 Å². The van der Waals surface area contributed by atoms with Gasteiger partial charge in [0, 0.05) is 37.4 Å². The van der Waals surface area contributed by atoms with Gasteiger partial charge in [0.25, 0.3) is 17.7 Å². The fourth-order valence-corrected chi connectivity index (χ4v) is 4.22. The fourth-order valence-electron chi connectivity index (χ4n) is 3.96. The zero-order valence-electron chi connectivity index (χ0n) is 19.7. The predicted molar refractivity (Wildman–Crippen MR) is 126 cm³/mol. The first-order valence-corrected chi connectivity index (χ1v) is 11.8. The van der Waals surface area contributed by atoms with E-state index in [1.165, 1.54) is 25.2 Å². The van der Waals surface area contributed by atoms with E-state index in [2.05, 4.69) is 20.7 Å². The van der Waals surface area contributed by atoms with E-state index < -0.39 is 47.6 Å². The van der Waals surface area contributed by atoms with Crippen molar-refractivity contribution in [3.8, 4) is 11.3 Å².